The second kappa shape index (κ2) is 9.37. The van der Waals surface area contributed by atoms with Crippen molar-refractivity contribution in [2.75, 3.05) is 6.54 Å². The summed E-state index contributed by atoms with van der Waals surface area (Å²) < 4.78 is 41.0. The van der Waals surface area contributed by atoms with Gasteiger partial charge in [0, 0.05) is 19.1 Å². The Bertz CT molecular complexity index is 978. The predicted octanol–water partition coefficient (Wildman–Crippen LogP) is 2.77. The number of rotatable bonds is 8. The van der Waals surface area contributed by atoms with Crippen LogP contribution in [0, 0.1) is 11.7 Å². The average molecular weight is 419 g/mol. The van der Waals surface area contributed by atoms with Crippen molar-refractivity contribution in [1.29, 1.82) is 0 Å². The van der Waals surface area contributed by atoms with Gasteiger partial charge in [0.1, 0.15) is 5.82 Å². The van der Waals surface area contributed by atoms with Crippen molar-refractivity contribution in [2.24, 2.45) is 10.9 Å². The molecule has 0 saturated heterocycles. The largest absolute Gasteiger partial charge is 0.357 e. The first kappa shape index (κ1) is 21.3. The summed E-state index contributed by atoms with van der Waals surface area (Å²) in [5.74, 6) is 0.989. The summed E-state index contributed by atoms with van der Waals surface area (Å²) in [7, 11) is -3.71. The summed E-state index contributed by atoms with van der Waals surface area (Å²) in [5.41, 5.74) is 1.35. The molecular weight excluding hydrogens is 391 g/mol. The number of hydrogen-bond acceptors (Lipinski definition) is 3. The van der Waals surface area contributed by atoms with Crippen molar-refractivity contribution in [2.45, 2.75) is 44.3 Å². The molecule has 2 unspecified atom stereocenters. The first-order valence-corrected chi connectivity index (χ1v) is 11.2. The molecule has 0 radical (unpaired) electrons. The number of hydrogen-bond donors (Lipinski definition) is 3. The summed E-state index contributed by atoms with van der Waals surface area (Å²) in [6, 6.07) is 13.0. The van der Waals surface area contributed by atoms with Crippen LogP contribution in [0.15, 0.2) is 58.4 Å². The number of nitrogens with one attached hydrogen (secondary N) is 3. The number of halogens is 1. The fraction of sp³-hybridized carbons (Fsp3) is 0.381. The minimum absolute atomic E-state index is 0.0243. The Hall–Kier alpha value is -2.45. The Labute approximate surface area is 171 Å². The molecule has 8 heteroatoms. The Morgan fingerprint density at radius 3 is 2.59 bits per heavy atom. The zero-order valence-corrected chi connectivity index (χ0v) is 17.5. The molecule has 3 N–H and O–H groups in total. The number of benzene rings is 2. The molecule has 0 aliphatic heterocycles. The molecule has 2 aromatic rings. The van der Waals surface area contributed by atoms with E-state index >= 15 is 0 Å². The number of nitrogens with zero attached hydrogens (tertiary/aromatic N) is 1. The molecule has 0 spiro atoms. The van der Waals surface area contributed by atoms with Gasteiger partial charge < -0.3 is 10.6 Å². The molecule has 2 atom stereocenters. The van der Waals surface area contributed by atoms with Gasteiger partial charge in [0.2, 0.25) is 10.0 Å². The van der Waals surface area contributed by atoms with Gasteiger partial charge in [-0.2, -0.15) is 0 Å². The van der Waals surface area contributed by atoms with Gasteiger partial charge in [-0.1, -0.05) is 31.2 Å². The van der Waals surface area contributed by atoms with Crippen LogP contribution in [0.3, 0.4) is 0 Å². The fourth-order valence-electron chi connectivity index (χ4n) is 2.91. The van der Waals surface area contributed by atoms with Crippen LogP contribution in [-0.4, -0.2) is 27.0 Å². The van der Waals surface area contributed by atoms with Gasteiger partial charge >= 0.3 is 0 Å². The van der Waals surface area contributed by atoms with Gasteiger partial charge in [0.05, 0.1) is 11.4 Å². The number of guanidine groups is 1. The van der Waals surface area contributed by atoms with Crippen LogP contribution in [0.2, 0.25) is 0 Å². The third-order valence-electron chi connectivity index (χ3n) is 4.76. The smallest absolute Gasteiger partial charge is 0.240 e. The fourth-order valence-corrected chi connectivity index (χ4v) is 4.00. The molecule has 0 aromatic heterocycles. The summed E-state index contributed by atoms with van der Waals surface area (Å²) >= 11 is 0. The maximum Gasteiger partial charge on any atom is 0.240 e. The third kappa shape index (κ3) is 6.27. The van der Waals surface area contributed by atoms with E-state index < -0.39 is 15.8 Å². The second-order valence-corrected chi connectivity index (χ2v) is 9.03. The summed E-state index contributed by atoms with van der Waals surface area (Å²) in [6.07, 6.45) is 1.13. The van der Waals surface area contributed by atoms with Gasteiger partial charge in [-0.25, -0.2) is 22.5 Å². The molecule has 2 aromatic carbocycles. The van der Waals surface area contributed by atoms with Crippen LogP contribution in [0.1, 0.15) is 31.4 Å². The molecule has 0 bridgehead atoms. The molecule has 1 aliphatic carbocycles. The van der Waals surface area contributed by atoms with Gasteiger partial charge in [0.15, 0.2) is 5.96 Å². The second-order valence-electron chi connectivity index (χ2n) is 7.26. The van der Waals surface area contributed by atoms with E-state index in [4.69, 9.17) is 0 Å². The van der Waals surface area contributed by atoms with E-state index in [9.17, 15) is 12.8 Å². The number of sulfonamides is 1. The molecule has 156 valence electrons. The van der Waals surface area contributed by atoms with Crippen LogP contribution in [0.5, 0.6) is 0 Å². The summed E-state index contributed by atoms with van der Waals surface area (Å²) in [5, 5.41) is 6.59. The highest BCUT2D eigenvalue weighted by Crippen LogP contribution is 2.28. The Morgan fingerprint density at radius 2 is 1.90 bits per heavy atom. The van der Waals surface area contributed by atoms with Crippen molar-refractivity contribution in [3.63, 3.8) is 0 Å². The van der Waals surface area contributed by atoms with E-state index in [0.717, 1.165) is 24.5 Å². The van der Waals surface area contributed by atoms with Crippen LogP contribution in [0.25, 0.3) is 0 Å². The van der Waals surface area contributed by atoms with Gasteiger partial charge in [-0.3, -0.25) is 0 Å². The van der Waals surface area contributed by atoms with E-state index in [1.54, 1.807) is 24.3 Å². The molecule has 6 nitrogen and oxygen atoms in total. The van der Waals surface area contributed by atoms with Gasteiger partial charge in [0.25, 0.3) is 0 Å². The lowest BCUT2D eigenvalue weighted by Gasteiger charge is -2.11. The molecule has 0 heterocycles. The predicted molar refractivity (Wildman–Crippen MR) is 112 cm³/mol. The van der Waals surface area contributed by atoms with E-state index in [0.29, 0.717) is 24.1 Å². The first-order chi connectivity index (χ1) is 13.9. The highest BCUT2D eigenvalue weighted by Gasteiger charge is 2.33. The van der Waals surface area contributed by atoms with Gasteiger partial charge in [-0.15, -0.1) is 0 Å². The molecule has 1 saturated carbocycles. The Kier molecular flexibility index (Phi) is 6.87. The maximum absolute atomic E-state index is 13.3. The van der Waals surface area contributed by atoms with Crippen LogP contribution < -0.4 is 15.4 Å². The zero-order chi connectivity index (χ0) is 20.9. The van der Waals surface area contributed by atoms with Crippen LogP contribution >= 0.6 is 0 Å². The lowest BCUT2D eigenvalue weighted by atomic mass is 10.2. The number of aliphatic imine (C=N–C) groups is 1. The van der Waals surface area contributed by atoms with Crippen molar-refractivity contribution in [1.82, 2.24) is 15.4 Å². The highest BCUT2D eigenvalue weighted by molar-refractivity contribution is 7.89. The monoisotopic (exact) mass is 418 g/mol. The summed E-state index contributed by atoms with van der Waals surface area (Å²) in [4.78, 5) is 4.72. The lowest BCUT2D eigenvalue weighted by Crippen LogP contribution is -2.39. The standard InChI is InChI=1S/C21H27FN4O2S/c1-3-23-21(26-20-10-15(20)2)24-13-17-7-5-9-19(12-17)29(27,28)25-14-16-6-4-8-18(22)11-16/h4-9,11-12,15,20,25H,3,10,13-14H2,1-2H3,(H2,23,24,26). The van der Waals surface area contributed by atoms with Crippen LogP contribution in [-0.2, 0) is 23.1 Å². The van der Waals surface area contributed by atoms with E-state index in [1.165, 1.54) is 18.2 Å². The molecule has 1 aliphatic rings. The van der Waals surface area contributed by atoms with Crippen molar-refractivity contribution >= 4 is 16.0 Å². The zero-order valence-electron chi connectivity index (χ0n) is 16.7. The van der Waals surface area contributed by atoms with Crippen molar-refractivity contribution < 1.29 is 12.8 Å². The molecule has 3 rings (SSSR count). The lowest BCUT2D eigenvalue weighted by molar-refractivity contribution is 0.580. The normalized spacial score (nSPS) is 19.1. The third-order valence-corrected chi connectivity index (χ3v) is 6.16. The molecular formula is C21H27FN4O2S. The van der Waals surface area contributed by atoms with Gasteiger partial charge in [-0.05, 0) is 54.7 Å². The first-order valence-electron chi connectivity index (χ1n) is 9.75. The minimum atomic E-state index is -3.71. The van der Waals surface area contributed by atoms with Crippen LogP contribution in [0.4, 0.5) is 4.39 Å². The van der Waals surface area contributed by atoms with E-state index in [-0.39, 0.29) is 11.4 Å². The maximum atomic E-state index is 13.3. The topological polar surface area (TPSA) is 82.6 Å². The highest BCUT2D eigenvalue weighted by atomic mass is 32.2. The quantitative estimate of drug-likeness (QED) is 0.455. The average Bonchev–Trinajstić information content (AvgIpc) is 3.39. The Balaban J connectivity index is 1.66. The molecule has 1 fully saturated rings. The van der Waals surface area contributed by atoms with Crippen molar-refractivity contribution in [3.05, 3.63) is 65.5 Å². The summed E-state index contributed by atoms with van der Waals surface area (Å²) in [6.45, 7) is 5.34. The SMILES string of the molecule is CCNC(=NCc1cccc(S(=O)(=O)NCc2cccc(F)c2)c1)NC1CC1C. The van der Waals surface area contributed by atoms with E-state index in [2.05, 4.69) is 27.3 Å². The van der Waals surface area contributed by atoms with E-state index in [1.807, 2.05) is 13.0 Å². The molecule has 29 heavy (non-hydrogen) atoms. The minimum Gasteiger partial charge on any atom is -0.357 e. The van der Waals surface area contributed by atoms with Crippen molar-refractivity contribution in [3.8, 4) is 0 Å². The Morgan fingerprint density at radius 1 is 1.17 bits per heavy atom. The molecule has 0 amide bonds.